The van der Waals surface area contributed by atoms with Gasteiger partial charge in [0.05, 0.1) is 6.20 Å². The van der Waals surface area contributed by atoms with Crippen molar-refractivity contribution in [3.05, 3.63) is 65.1 Å². The van der Waals surface area contributed by atoms with Crippen LogP contribution in [0, 0.1) is 0 Å². The molecule has 11 nitrogen and oxygen atoms in total. The summed E-state index contributed by atoms with van der Waals surface area (Å²) in [5.74, 6) is 2.32. The third-order valence-electron chi connectivity index (χ3n) is 7.20. The molecule has 4 rings (SSSR count). The zero-order valence-electron chi connectivity index (χ0n) is 30.1. The zero-order chi connectivity index (χ0) is 35.3. The van der Waals surface area contributed by atoms with Crippen molar-refractivity contribution < 1.29 is 19.1 Å². The van der Waals surface area contributed by atoms with Gasteiger partial charge < -0.3 is 20.1 Å². The fourth-order valence-electron chi connectivity index (χ4n) is 4.92. The van der Waals surface area contributed by atoms with Crippen LogP contribution in [0.2, 0.25) is 0 Å². The Bertz CT molecular complexity index is 1620. The number of nitrogens with zero attached hydrogens (tertiary/aromatic N) is 3. The van der Waals surface area contributed by atoms with Crippen molar-refractivity contribution in [1.82, 2.24) is 25.4 Å². The molecule has 0 saturated heterocycles. The molecule has 0 saturated carbocycles. The molecule has 47 heavy (non-hydrogen) atoms. The van der Waals surface area contributed by atoms with E-state index < -0.39 is 0 Å². The van der Waals surface area contributed by atoms with Crippen LogP contribution < -0.4 is 20.1 Å². The van der Waals surface area contributed by atoms with E-state index in [0.29, 0.717) is 17.4 Å². The average Bonchev–Trinajstić information content (AvgIpc) is 3.62. The van der Waals surface area contributed by atoms with Gasteiger partial charge in [0.25, 0.3) is 0 Å². The number of H-pyrrole nitrogens is 2. The maximum absolute atomic E-state index is 11.7. The lowest BCUT2D eigenvalue weighted by Gasteiger charge is -2.30. The van der Waals surface area contributed by atoms with Crippen LogP contribution >= 0.6 is 0 Å². The lowest BCUT2D eigenvalue weighted by atomic mass is 9.79. The van der Waals surface area contributed by atoms with E-state index in [-0.39, 0.29) is 34.1 Å². The summed E-state index contributed by atoms with van der Waals surface area (Å²) < 4.78 is 11.2. The fourth-order valence-corrected chi connectivity index (χ4v) is 4.92. The molecule has 0 aliphatic carbocycles. The third kappa shape index (κ3) is 10.2. The van der Waals surface area contributed by atoms with Crippen molar-refractivity contribution in [2.24, 2.45) is 0 Å². The van der Waals surface area contributed by atoms with Crippen LogP contribution in [0.1, 0.15) is 118 Å². The molecular weight excluding hydrogens is 594 g/mol. The smallest absolute Gasteiger partial charge is 0.308 e. The molecule has 0 amide bonds. The quantitative estimate of drug-likeness (QED) is 0.115. The molecule has 0 bridgehead atoms. The monoisotopic (exact) mass is 645 g/mol. The number of ether oxygens (including phenoxy) is 2. The Morgan fingerprint density at radius 2 is 1.19 bits per heavy atom. The molecule has 4 N–H and O–H groups in total. The molecule has 4 aromatic rings. The molecule has 0 unspecified atom stereocenters. The number of hydrogen-bond donors (Lipinski definition) is 4. The van der Waals surface area contributed by atoms with Gasteiger partial charge in [-0.25, -0.2) is 5.10 Å². The van der Waals surface area contributed by atoms with E-state index in [1.54, 1.807) is 6.20 Å². The van der Waals surface area contributed by atoms with Gasteiger partial charge in [-0.1, -0.05) is 76.2 Å². The van der Waals surface area contributed by atoms with Crippen LogP contribution in [0.4, 0.5) is 23.1 Å². The summed E-state index contributed by atoms with van der Waals surface area (Å²) >= 11 is 0. The molecule has 0 radical (unpaired) electrons. The summed E-state index contributed by atoms with van der Waals surface area (Å²) in [6, 6.07) is 9.92. The molecule has 0 spiro atoms. The van der Waals surface area contributed by atoms with E-state index in [9.17, 15) is 9.59 Å². The fraction of sp³-hybridized carbons (Fsp3) is 0.472. The molecule has 2 aromatic carbocycles. The Labute approximate surface area is 278 Å². The largest absolute Gasteiger partial charge is 0.426 e. The highest BCUT2D eigenvalue weighted by Gasteiger charge is 2.29. The molecule has 2 aromatic heterocycles. The Morgan fingerprint density at radius 3 is 1.60 bits per heavy atom. The lowest BCUT2D eigenvalue weighted by molar-refractivity contribution is -0.133. The number of aromatic amines is 2. The standard InChI is InChI=1S/C18H26N4O2.C18H25N3O2/c1-11(23)24-15-13(17(2,3)4)8-12(9-14(15)18(5,6)7)21-16-19-10-20-22-16;1-11(2)14-9-13(20-16-7-8-19-21-16)10-15(18(4,5)6)17(14)23-12(3)22/h8-10H,1-7H3,(H2,19,20,21,22);7-11H,1-6H3,(H2,19,20,21). The molecule has 0 aliphatic heterocycles. The predicted octanol–water partition coefficient (Wildman–Crippen LogP) is 8.57. The molecule has 0 aliphatic rings. The van der Waals surface area contributed by atoms with E-state index in [1.807, 2.05) is 30.3 Å². The predicted molar refractivity (Wildman–Crippen MR) is 187 cm³/mol. The molecule has 254 valence electrons. The number of hydrogen-bond acceptors (Lipinski definition) is 9. The summed E-state index contributed by atoms with van der Waals surface area (Å²) in [6.07, 6.45) is 3.15. The Kier molecular flexibility index (Phi) is 11.3. The number of benzene rings is 2. The molecule has 0 fully saturated rings. The van der Waals surface area contributed by atoms with Gasteiger partial charge in [-0.3, -0.25) is 14.7 Å². The summed E-state index contributed by atoms with van der Waals surface area (Å²) in [4.78, 5) is 27.3. The minimum atomic E-state index is -0.318. The summed E-state index contributed by atoms with van der Waals surface area (Å²) in [6.45, 7) is 26.0. The van der Waals surface area contributed by atoms with Gasteiger partial charge in [-0.2, -0.15) is 15.2 Å². The second-order valence-electron chi connectivity index (χ2n) is 15.0. The lowest BCUT2D eigenvalue weighted by Crippen LogP contribution is -2.21. The van der Waals surface area contributed by atoms with Crippen LogP contribution in [-0.2, 0) is 25.8 Å². The summed E-state index contributed by atoms with van der Waals surface area (Å²) in [5, 5.41) is 20.0. The van der Waals surface area contributed by atoms with Crippen molar-refractivity contribution in [3.8, 4) is 11.5 Å². The van der Waals surface area contributed by atoms with E-state index in [0.717, 1.165) is 39.4 Å². The van der Waals surface area contributed by atoms with Crippen LogP contribution in [-0.4, -0.2) is 37.3 Å². The number of carbonyl (C=O) groups is 2. The number of nitrogens with one attached hydrogen (secondary N) is 4. The number of aromatic nitrogens is 5. The topological polar surface area (TPSA) is 147 Å². The first-order chi connectivity index (χ1) is 21.7. The second kappa shape index (κ2) is 14.4. The van der Waals surface area contributed by atoms with E-state index in [1.165, 1.54) is 20.2 Å². The highest BCUT2D eigenvalue weighted by Crippen LogP contribution is 2.43. The highest BCUT2D eigenvalue weighted by molar-refractivity contribution is 5.74. The average molecular weight is 646 g/mol. The summed E-state index contributed by atoms with van der Waals surface area (Å²) in [5.41, 5.74) is 5.22. The van der Waals surface area contributed by atoms with Crippen molar-refractivity contribution in [1.29, 1.82) is 0 Å². The molecule has 2 heterocycles. The van der Waals surface area contributed by atoms with Crippen molar-refractivity contribution >= 4 is 35.1 Å². The minimum Gasteiger partial charge on any atom is -0.426 e. The van der Waals surface area contributed by atoms with Gasteiger partial charge in [0, 0.05) is 48.0 Å². The maximum atomic E-state index is 11.7. The van der Waals surface area contributed by atoms with E-state index >= 15 is 0 Å². The minimum absolute atomic E-state index is 0.153. The Balaban J connectivity index is 0.000000256. The highest BCUT2D eigenvalue weighted by atomic mass is 16.5. The van der Waals surface area contributed by atoms with Crippen molar-refractivity contribution in [2.75, 3.05) is 10.6 Å². The van der Waals surface area contributed by atoms with E-state index in [2.05, 4.69) is 112 Å². The van der Waals surface area contributed by atoms with Crippen molar-refractivity contribution in [2.45, 2.75) is 112 Å². The number of rotatable bonds is 7. The van der Waals surface area contributed by atoms with Crippen LogP contribution in [0.15, 0.2) is 42.9 Å². The third-order valence-corrected chi connectivity index (χ3v) is 7.20. The van der Waals surface area contributed by atoms with Gasteiger partial charge in [-0.15, -0.1) is 0 Å². The molecule has 0 atom stereocenters. The first kappa shape index (κ1) is 36.8. The SMILES string of the molecule is CC(=O)Oc1c(C(C)(C)C)cc(Nc2ncn[nH]2)cc1C(C)(C)C.CC(=O)Oc1c(C(C)C)cc(Nc2ccn[nH]2)cc1C(C)(C)C. The normalized spacial score (nSPS) is 11.9. The van der Waals surface area contributed by atoms with Crippen molar-refractivity contribution in [3.63, 3.8) is 0 Å². The van der Waals surface area contributed by atoms with Gasteiger partial charge in [0.1, 0.15) is 23.6 Å². The van der Waals surface area contributed by atoms with Gasteiger partial charge >= 0.3 is 11.9 Å². The number of anilines is 4. The Hall–Kier alpha value is -4.67. The van der Waals surface area contributed by atoms with Crippen LogP contribution in [0.25, 0.3) is 0 Å². The zero-order valence-corrected chi connectivity index (χ0v) is 30.1. The second-order valence-corrected chi connectivity index (χ2v) is 15.0. The Morgan fingerprint density at radius 1 is 0.702 bits per heavy atom. The number of carbonyl (C=O) groups excluding carboxylic acids is 2. The summed E-state index contributed by atoms with van der Waals surface area (Å²) in [7, 11) is 0. The van der Waals surface area contributed by atoms with E-state index in [4.69, 9.17) is 9.47 Å². The molecule has 11 heteroatoms. The van der Waals surface area contributed by atoms with Gasteiger partial charge in [-0.05, 0) is 52.0 Å². The van der Waals surface area contributed by atoms with Crippen LogP contribution in [0.3, 0.4) is 0 Å². The van der Waals surface area contributed by atoms with Crippen LogP contribution in [0.5, 0.6) is 11.5 Å². The first-order valence-electron chi connectivity index (χ1n) is 15.8. The first-order valence-corrected chi connectivity index (χ1v) is 15.8. The maximum Gasteiger partial charge on any atom is 0.308 e. The number of esters is 2. The molecular formula is C36H51N7O4. The van der Waals surface area contributed by atoms with Gasteiger partial charge in [0.15, 0.2) is 0 Å². The van der Waals surface area contributed by atoms with Gasteiger partial charge in [0.2, 0.25) is 5.95 Å².